The van der Waals surface area contributed by atoms with Gasteiger partial charge in [0.25, 0.3) is 0 Å². The van der Waals surface area contributed by atoms with Crippen LogP contribution in [-0.4, -0.2) is 6.54 Å². The summed E-state index contributed by atoms with van der Waals surface area (Å²) in [5.74, 6) is 0. The Balaban J connectivity index is 3.07. The van der Waals surface area contributed by atoms with Gasteiger partial charge in [-0.1, -0.05) is 34.9 Å². The third-order valence-corrected chi connectivity index (χ3v) is 2.10. The van der Waals surface area contributed by atoms with E-state index in [0.29, 0.717) is 0 Å². The van der Waals surface area contributed by atoms with Gasteiger partial charge in [0.05, 0.1) is 5.56 Å². The molecule has 1 aromatic carbocycles. The lowest BCUT2D eigenvalue weighted by molar-refractivity contribution is -0.137. The van der Waals surface area contributed by atoms with Gasteiger partial charge >= 0.3 is 6.18 Å². The minimum Gasteiger partial charge on any atom is -0.166 e. The fraction of sp³-hybridized carbons (Fsp3) is 0.200. The topological polar surface area (TPSA) is 48.8 Å². The first-order valence-corrected chi connectivity index (χ1v) is 4.87. The number of hydrogen-bond donors (Lipinski definition) is 0. The third kappa shape index (κ3) is 4.01. The van der Waals surface area contributed by atoms with Gasteiger partial charge in [0, 0.05) is 16.5 Å². The molecule has 0 aromatic heterocycles. The van der Waals surface area contributed by atoms with Gasteiger partial charge in [-0.15, -0.1) is 0 Å². The van der Waals surface area contributed by atoms with Crippen LogP contribution >= 0.6 is 11.6 Å². The first kappa shape index (κ1) is 13.4. The summed E-state index contributed by atoms with van der Waals surface area (Å²) in [6.45, 7) is -0.00355. The van der Waals surface area contributed by atoms with E-state index in [0.717, 1.165) is 6.07 Å². The van der Waals surface area contributed by atoms with Crippen LogP contribution in [0, 0.1) is 0 Å². The minimum absolute atomic E-state index is 0.00355. The SMILES string of the molecule is [N-]=[N+]=NCC=Cc1ccc(Cl)cc1C(F)(F)F. The molecule has 0 aliphatic heterocycles. The molecule has 1 aromatic rings. The zero-order chi connectivity index (χ0) is 12.9. The molecule has 0 amide bonds. The van der Waals surface area contributed by atoms with Gasteiger partial charge < -0.3 is 0 Å². The Morgan fingerprint density at radius 1 is 1.41 bits per heavy atom. The molecule has 0 saturated heterocycles. The summed E-state index contributed by atoms with van der Waals surface area (Å²) in [6, 6.07) is 3.48. The summed E-state index contributed by atoms with van der Waals surface area (Å²) in [4.78, 5) is 2.48. The smallest absolute Gasteiger partial charge is 0.166 e. The van der Waals surface area contributed by atoms with Gasteiger partial charge in [-0.25, -0.2) is 0 Å². The van der Waals surface area contributed by atoms with Crippen molar-refractivity contribution in [2.24, 2.45) is 5.11 Å². The molecule has 0 unspecified atom stereocenters. The quantitative estimate of drug-likeness (QED) is 0.431. The van der Waals surface area contributed by atoms with Crippen molar-refractivity contribution < 1.29 is 13.2 Å². The van der Waals surface area contributed by atoms with Crippen molar-refractivity contribution in [2.45, 2.75) is 6.18 Å². The second kappa shape index (κ2) is 5.61. The molecule has 0 N–H and O–H groups in total. The van der Waals surface area contributed by atoms with Crippen LogP contribution in [0.2, 0.25) is 5.02 Å². The van der Waals surface area contributed by atoms with Gasteiger partial charge in [0.15, 0.2) is 0 Å². The molecule has 0 spiro atoms. The van der Waals surface area contributed by atoms with Crippen molar-refractivity contribution in [2.75, 3.05) is 6.54 Å². The maximum Gasteiger partial charge on any atom is 0.417 e. The molecule has 0 fully saturated rings. The Hall–Kier alpha value is -1.65. The lowest BCUT2D eigenvalue weighted by atomic mass is 10.1. The fourth-order valence-electron chi connectivity index (χ4n) is 1.18. The van der Waals surface area contributed by atoms with E-state index < -0.39 is 11.7 Å². The molecule has 0 heterocycles. The van der Waals surface area contributed by atoms with Crippen molar-refractivity contribution in [3.8, 4) is 0 Å². The second-order valence-corrected chi connectivity index (χ2v) is 3.48. The fourth-order valence-corrected chi connectivity index (χ4v) is 1.35. The van der Waals surface area contributed by atoms with Crippen LogP contribution in [0.5, 0.6) is 0 Å². The molecule has 1 rings (SSSR count). The van der Waals surface area contributed by atoms with Crippen LogP contribution < -0.4 is 0 Å². The zero-order valence-corrected chi connectivity index (χ0v) is 9.20. The Labute approximate surface area is 100 Å². The van der Waals surface area contributed by atoms with Crippen molar-refractivity contribution in [1.29, 1.82) is 0 Å². The molecule has 7 heteroatoms. The summed E-state index contributed by atoms with van der Waals surface area (Å²) in [5, 5.41) is 3.20. The summed E-state index contributed by atoms with van der Waals surface area (Å²) in [6.07, 6.45) is -1.88. The molecule has 3 nitrogen and oxygen atoms in total. The molecule has 0 radical (unpaired) electrons. The van der Waals surface area contributed by atoms with E-state index in [2.05, 4.69) is 10.0 Å². The van der Waals surface area contributed by atoms with Gasteiger partial charge in [0.1, 0.15) is 0 Å². The molecule has 0 saturated carbocycles. The van der Waals surface area contributed by atoms with Crippen LogP contribution in [0.25, 0.3) is 16.5 Å². The number of halogens is 4. The monoisotopic (exact) mass is 261 g/mol. The highest BCUT2D eigenvalue weighted by Crippen LogP contribution is 2.34. The minimum atomic E-state index is -4.47. The van der Waals surface area contributed by atoms with Crippen LogP contribution in [0.1, 0.15) is 11.1 Å². The molecule has 90 valence electrons. The lowest BCUT2D eigenvalue weighted by Crippen LogP contribution is -2.07. The lowest BCUT2D eigenvalue weighted by Gasteiger charge is -2.10. The van der Waals surface area contributed by atoms with Crippen molar-refractivity contribution in [3.63, 3.8) is 0 Å². The van der Waals surface area contributed by atoms with Crippen LogP contribution in [-0.2, 0) is 6.18 Å². The highest BCUT2D eigenvalue weighted by Gasteiger charge is 2.32. The van der Waals surface area contributed by atoms with Gasteiger partial charge in [-0.2, -0.15) is 13.2 Å². The maximum absolute atomic E-state index is 12.6. The predicted molar refractivity (Wildman–Crippen MR) is 59.5 cm³/mol. The number of nitrogens with zero attached hydrogens (tertiary/aromatic N) is 3. The normalized spacial score (nSPS) is 11.5. The van der Waals surface area contributed by atoms with Crippen molar-refractivity contribution in [3.05, 3.63) is 50.9 Å². The number of alkyl halides is 3. The van der Waals surface area contributed by atoms with Gasteiger partial charge in [-0.3, -0.25) is 0 Å². The number of benzene rings is 1. The van der Waals surface area contributed by atoms with E-state index in [-0.39, 0.29) is 17.1 Å². The molecular weight excluding hydrogens is 255 g/mol. The molecule has 17 heavy (non-hydrogen) atoms. The zero-order valence-electron chi connectivity index (χ0n) is 8.45. The summed E-state index contributed by atoms with van der Waals surface area (Å²) >= 11 is 5.52. The molecular formula is C10H7ClF3N3. The first-order valence-electron chi connectivity index (χ1n) is 4.49. The number of rotatable bonds is 3. The Morgan fingerprint density at radius 3 is 2.71 bits per heavy atom. The van der Waals surface area contributed by atoms with E-state index in [1.807, 2.05) is 0 Å². The number of hydrogen-bond acceptors (Lipinski definition) is 1. The Bertz CT molecular complexity index is 476. The van der Waals surface area contributed by atoms with E-state index in [4.69, 9.17) is 17.1 Å². The van der Waals surface area contributed by atoms with Crippen LogP contribution in [0.4, 0.5) is 13.2 Å². The summed E-state index contributed by atoms with van der Waals surface area (Å²) < 4.78 is 37.9. The largest absolute Gasteiger partial charge is 0.417 e. The number of azide groups is 1. The molecule has 0 aliphatic rings. The first-order chi connectivity index (χ1) is 7.95. The standard InChI is InChI=1S/C10H7ClF3N3/c11-8-4-3-7(2-1-5-16-17-15)9(6-8)10(12,13)14/h1-4,6H,5H2. The van der Waals surface area contributed by atoms with Crippen molar-refractivity contribution in [1.82, 2.24) is 0 Å². The van der Waals surface area contributed by atoms with Gasteiger partial charge in [-0.05, 0) is 23.2 Å². The van der Waals surface area contributed by atoms with E-state index in [1.54, 1.807) is 0 Å². The van der Waals surface area contributed by atoms with Gasteiger partial charge in [0.2, 0.25) is 0 Å². The second-order valence-electron chi connectivity index (χ2n) is 3.05. The highest BCUT2D eigenvalue weighted by molar-refractivity contribution is 6.30. The van der Waals surface area contributed by atoms with E-state index in [1.165, 1.54) is 24.3 Å². The molecule has 0 aliphatic carbocycles. The third-order valence-electron chi connectivity index (χ3n) is 1.87. The molecule has 0 bridgehead atoms. The van der Waals surface area contributed by atoms with Crippen LogP contribution in [0.3, 0.4) is 0 Å². The van der Waals surface area contributed by atoms with Crippen molar-refractivity contribution >= 4 is 17.7 Å². The summed E-state index contributed by atoms with van der Waals surface area (Å²) in [7, 11) is 0. The molecule has 0 atom stereocenters. The highest BCUT2D eigenvalue weighted by atomic mass is 35.5. The maximum atomic E-state index is 12.6. The average Bonchev–Trinajstić information content (AvgIpc) is 2.25. The summed E-state index contributed by atoms with van der Waals surface area (Å²) in [5.41, 5.74) is 7.17. The average molecular weight is 262 g/mol. The van der Waals surface area contributed by atoms with E-state index in [9.17, 15) is 13.2 Å². The van der Waals surface area contributed by atoms with Crippen LogP contribution in [0.15, 0.2) is 29.4 Å². The Morgan fingerprint density at radius 2 is 2.12 bits per heavy atom. The Kier molecular flexibility index (Phi) is 4.43. The predicted octanol–water partition coefficient (Wildman–Crippen LogP) is 4.68. The van der Waals surface area contributed by atoms with E-state index >= 15 is 0 Å².